The second-order valence-electron chi connectivity index (χ2n) is 7.49. The number of halogens is 3. The lowest BCUT2D eigenvalue weighted by Crippen LogP contribution is -2.51. The molecule has 0 unspecified atom stereocenters. The summed E-state index contributed by atoms with van der Waals surface area (Å²) in [5.74, 6) is 1.11. The third-order valence-corrected chi connectivity index (χ3v) is 5.41. The molecule has 0 atom stereocenters. The summed E-state index contributed by atoms with van der Waals surface area (Å²) in [6, 6.07) is 2.36. The number of carbonyl (C=O) groups excluding carboxylic acids is 1. The molecule has 7 nitrogen and oxygen atoms in total. The average Bonchev–Trinajstić information content (AvgIpc) is 2.76. The number of alkyl halides is 3. The fourth-order valence-electron chi connectivity index (χ4n) is 3.49. The second kappa shape index (κ2) is 11.8. The normalized spacial score (nSPS) is 15.8. The topological polar surface area (TPSA) is 78.9 Å². The smallest absolute Gasteiger partial charge is 0.417 e. The molecule has 1 amide bonds. The van der Waals surface area contributed by atoms with E-state index in [1.807, 2.05) is 18.7 Å². The van der Waals surface area contributed by atoms with Gasteiger partial charge in [-0.15, -0.1) is 0 Å². The van der Waals surface area contributed by atoms with E-state index in [0.29, 0.717) is 12.5 Å². The number of carbonyl (C=O) groups is 1. The van der Waals surface area contributed by atoms with Crippen LogP contribution in [0.15, 0.2) is 23.3 Å². The minimum atomic E-state index is -4.41. The van der Waals surface area contributed by atoms with Crippen LogP contribution >= 0.6 is 0 Å². The van der Waals surface area contributed by atoms with Crippen molar-refractivity contribution in [2.24, 2.45) is 10.9 Å². The van der Waals surface area contributed by atoms with Crippen molar-refractivity contribution in [2.75, 3.05) is 33.3 Å². The van der Waals surface area contributed by atoms with Gasteiger partial charge in [0, 0.05) is 44.4 Å². The number of likely N-dealkylation sites (tertiary alicyclic amines) is 1. The number of pyridine rings is 1. The number of ether oxygens (including phenoxy) is 1. The van der Waals surface area contributed by atoms with Crippen LogP contribution in [0.4, 0.5) is 13.2 Å². The standard InChI is InChI=1S/C21H32F3N5O2/c1-4-15(5-2)19(30)29-11-8-17(9-12-29)28-20(25-3)26-10-13-31-18-7-6-16(14-27-18)21(22,23)24/h6-7,14-15,17H,4-5,8-13H2,1-3H3,(H2,25,26,28). The molecule has 1 aromatic rings. The summed E-state index contributed by atoms with van der Waals surface area (Å²) in [5, 5.41) is 6.47. The van der Waals surface area contributed by atoms with Crippen molar-refractivity contribution in [1.29, 1.82) is 0 Å². The van der Waals surface area contributed by atoms with Gasteiger partial charge in [-0.2, -0.15) is 13.2 Å². The van der Waals surface area contributed by atoms with Crippen LogP contribution in [0.2, 0.25) is 0 Å². The van der Waals surface area contributed by atoms with Crippen molar-refractivity contribution < 1.29 is 22.7 Å². The zero-order chi connectivity index (χ0) is 22.9. The molecule has 10 heteroatoms. The van der Waals surface area contributed by atoms with Crippen LogP contribution in [0.25, 0.3) is 0 Å². The molecule has 0 aliphatic carbocycles. The molecule has 0 spiro atoms. The zero-order valence-electron chi connectivity index (χ0n) is 18.3. The maximum Gasteiger partial charge on any atom is 0.417 e. The van der Waals surface area contributed by atoms with Crippen LogP contribution < -0.4 is 15.4 Å². The number of aliphatic imine (C=N–C) groups is 1. The second-order valence-corrected chi connectivity index (χ2v) is 7.49. The number of nitrogens with one attached hydrogen (secondary N) is 2. The summed E-state index contributed by atoms with van der Waals surface area (Å²) in [7, 11) is 1.67. The van der Waals surface area contributed by atoms with Crippen LogP contribution in [-0.2, 0) is 11.0 Å². The van der Waals surface area contributed by atoms with E-state index in [1.165, 1.54) is 6.07 Å². The van der Waals surface area contributed by atoms with Crippen LogP contribution in [0.5, 0.6) is 5.88 Å². The lowest BCUT2D eigenvalue weighted by Gasteiger charge is -2.34. The first-order valence-electron chi connectivity index (χ1n) is 10.7. The Bertz CT molecular complexity index is 713. The van der Waals surface area contributed by atoms with Crippen LogP contribution in [0.3, 0.4) is 0 Å². The number of amides is 1. The molecule has 2 heterocycles. The van der Waals surface area contributed by atoms with Gasteiger partial charge in [0.2, 0.25) is 11.8 Å². The Balaban J connectivity index is 1.69. The van der Waals surface area contributed by atoms with Gasteiger partial charge < -0.3 is 20.3 Å². The predicted octanol–water partition coefficient (Wildman–Crippen LogP) is 3.07. The summed E-state index contributed by atoms with van der Waals surface area (Å²) in [5.41, 5.74) is -0.810. The fourth-order valence-corrected chi connectivity index (χ4v) is 3.49. The van der Waals surface area contributed by atoms with Gasteiger partial charge in [-0.25, -0.2) is 4.98 Å². The molecule has 1 aliphatic rings. The van der Waals surface area contributed by atoms with E-state index in [9.17, 15) is 18.0 Å². The van der Waals surface area contributed by atoms with E-state index < -0.39 is 11.7 Å². The SMILES string of the molecule is CCC(CC)C(=O)N1CCC(NC(=NC)NCCOc2ccc(C(F)(F)F)cn2)CC1. The van der Waals surface area contributed by atoms with E-state index in [1.54, 1.807) is 7.05 Å². The summed E-state index contributed by atoms with van der Waals surface area (Å²) in [6.45, 7) is 6.19. The van der Waals surface area contributed by atoms with Crippen LogP contribution in [0.1, 0.15) is 45.1 Å². The zero-order valence-corrected chi connectivity index (χ0v) is 18.3. The van der Waals surface area contributed by atoms with E-state index in [-0.39, 0.29) is 30.4 Å². The van der Waals surface area contributed by atoms with Crippen molar-refractivity contribution >= 4 is 11.9 Å². The van der Waals surface area contributed by atoms with Gasteiger partial charge in [-0.3, -0.25) is 9.79 Å². The van der Waals surface area contributed by atoms with Crippen molar-refractivity contribution in [3.05, 3.63) is 23.9 Å². The summed E-state index contributed by atoms with van der Waals surface area (Å²) < 4.78 is 43.0. The minimum Gasteiger partial charge on any atom is -0.476 e. The largest absolute Gasteiger partial charge is 0.476 e. The van der Waals surface area contributed by atoms with Gasteiger partial charge >= 0.3 is 6.18 Å². The Morgan fingerprint density at radius 3 is 2.48 bits per heavy atom. The van der Waals surface area contributed by atoms with Gasteiger partial charge in [0.15, 0.2) is 5.96 Å². The Hall–Kier alpha value is -2.52. The third kappa shape index (κ3) is 7.59. The Morgan fingerprint density at radius 1 is 1.29 bits per heavy atom. The van der Waals surface area contributed by atoms with E-state index >= 15 is 0 Å². The highest BCUT2D eigenvalue weighted by molar-refractivity contribution is 5.80. The fraction of sp³-hybridized carbons (Fsp3) is 0.667. The molecule has 0 aromatic carbocycles. The summed E-state index contributed by atoms with van der Waals surface area (Å²) in [6.07, 6.45) is -0.231. The molecule has 174 valence electrons. The lowest BCUT2D eigenvalue weighted by atomic mass is 9.98. The van der Waals surface area contributed by atoms with E-state index in [2.05, 4.69) is 20.6 Å². The monoisotopic (exact) mass is 443 g/mol. The number of guanidine groups is 1. The van der Waals surface area contributed by atoms with Crippen LogP contribution in [0, 0.1) is 5.92 Å². The molecular formula is C21H32F3N5O2. The first-order valence-corrected chi connectivity index (χ1v) is 10.7. The molecule has 0 saturated carbocycles. The molecule has 0 radical (unpaired) electrons. The number of hydrogen-bond acceptors (Lipinski definition) is 4. The van der Waals surface area contributed by atoms with Gasteiger partial charge in [0.1, 0.15) is 6.61 Å². The van der Waals surface area contributed by atoms with Gasteiger partial charge in [-0.05, 0) is 31.7 Å². The summed E-state index contributed by atoms with van der Waals surface area (Å²) >= 11 is 0. The molecule has 0 bridgehead atoms. The highest BCUT2D eigenvalue weighted by atomic mass is 19.4. The highest BCUT2D eigenvalue weighted by Gasteiger charge is 2.30. The summed E-state index contributed by atoms with van der Waals surface area (Å²) in [4.78, 5) is 22.3. The van der Waals surface area contributed by atoms with Crippen molar-refractivity contribution in [3.8, 4) is 5.88 Å². The predicted molar refractivity (Wildman–Crippen MR) is 113 cm³/mol. The first kappa shape index (κ1) is 24.7. The number of rotatable bonds is 8. The van der Waals surface area contributed by atoms with E-state index in [0.717, 1.165) is 51.0 Å². The third-order valence-electron chi connectivity index (χ3n) is 5.41. The lowest BCUT2D eigenvalue weighted by molar-refractivity contribution is -0.138. The molecule has 31 heavy (non-hydrogen) atoms. The van der Waals surface area contributed by atoms with Crippen LogP contribution in [-0.4, -0.2) is 61.1 Å². The van der Waals surface area contributed by atoms with Gasteiger partial charge in [0.05, 0.1) is 12.1 Å². The molecule has 1 saturated heterocycles. The van der Waals surface area contributed by atoms with Crippen molar-refractivity contribution in [1.82, 2.24) is 20.5 Å². The maximum atomic E-state index is 12.5. The molecule has 2 N–H and O–H groups in total. The quantitative estimate of drug-likeness (QED) is 0.367. The van der Waals surface area contributed by atoms with Crippen molar-refractivity contribution in [3.63, 3.8) is 0 Å². The Labute approximate surface area is 181 Å². The number of hydrogen-bond donors (Lipinski definition) is 2. The number of nitrogens with zero attached hydrogens (tertiary/aromatic N) is 3. The van der Waals surface area contributed by atoms with E-state index in [4.69, 9.17) is 4.74 Å². The molecule has 1 aliphatic heterocycles. The maximum absolute atomic E-state index is 12.5. The Morgan fingerprint density at radius 2 is 1.97 bits per heavy atom. The Kier molecular flexibility index (Phi) is 9.39. The highest BCUT2D eigenvalue weighted by Crippen LogP contribution is 2.29. The molecular weight excluding hydrogens is 411 g/mol. The molecule has 2 rings (SSSR count). The van der Waals surface area contributed by atoms with Gasteiger partial charge in [-0.1, -0.05) is 13.8 Å². The number of aromatic nitrogens is 1. The first-order chi connectivity index (χ1) is 14.8. The molecule has 1 aromatic heterocycles. The van der Waals surface area contributed by atoms with Gasteiger partial charge in [0.25, 0.3) is 0 Å². The van der Waals surface area contributed by atoms with Crippen molar-refractivity contribution in [2.45, 2.75) is 51.7 Å². The minimum absolute atomic E-state index is 0.109. The number of piperidine rings is 1. The molecule has 1 fully saturated rings. The average molecular weight is 444 g/mol.